The van der Waals surface area contributed by atoms with Crippen LogP contribution in [0.4, 0.5) is 0 Å². The van der Waals surface area contributed by atoms with Gasteiger partial charge in [0.25, 0.3) is 0 Å². The lowest BCUT2D eigenvalue weighted by atomic mass is 9.94. The molecule has 0 bridgehead atoms. The molecule has 1 fully saturated rings. The SMILES string of the molecule is CC(CC(=O)C1CC1)Cc1ccc(C#Cc2cnc(CCc3ccncc3)nc2)cc1. The van der Waals surface area contributed by atoms with E-state index in [-0.39, 0.29) is 0 Å². The number of benzene rings is 1. The first-order chi connectivity index (χ1) is 15.2. The number of Topliss-reactive ketones (excluding diaryl/α,β-unsaturated/α-hetero) is 1. The topological polar surface area (TPSA) is 55.7 Å². The van der Waals surface area contributed by atoms with Crippen LogP contribution in [-0.2, 0) is 24.1 Å². The molecule has 4 nitrogen and oxygen atoms in total. The van der Waals surface area contributed by atoms with Crippen LogP contribution < -0.4 is 0 Å². The molecular weight excluding hydrogens is 382 g/mol. The van der Waals surface area contributed by atoms with Gasteiger partial charge in [-0.3, -0.25) is 9.78 Å². The molecule has 2 aromatic heterocycles. The van der Waals surface area contributed by atoms with E-state index in [1.165, 1.54) is 11.1 Å². The predicted molar refractivity (Wildman–Crippen MR) is 121 cm³/mol. The van der Waals surface area contributed by atoms with Crippen LogP contribution in [0, 0.1) is 23.7 Å². The molecule has 1 aliphatic carbocycles. The minimum atomic E-state index is 0.361. The molecule has 0 spiro atoms. The zero-order valence-electron chi connectivity index (χ0n) is 17.9. The molecular formula is C27H27N3O. The van der Waals surface area contributed by atoms with Crippen LogP contribution in [0.1, 0.15) is 54.3 Å². The van der Waals surface area contributed by atoms with E-state index in [4.69, 9.17) is 0 Å². The van der Waals surface area contributed by atoms with Crippen LogP contribution in [0.15, 0.2) is 61.2 Å². The van der Waals surface area contributed by atoms with Crippen molar-refractivity contribution in [3.63, 3.8) is 0 Å². The van der Waals surface area contributed by atoms with Gasteiger partial charge in [-0.2, -0.15) is 0 Å². The van der Waals surface area contributed by atoms with Gasteiger partial charge in [-0.25, -0.2) is 9.97 Å². The number of nitrogens with zero attached hydrogens (tertiary/aromatic N) is 3. The first-order valence-corrected chi connectivity index (χ1v) is 11.0. The highest BCUT2D eigenvalue weighted by molar-refractivity contribution is 5.83. The van der Waals surface area contributed by atoms with Gasteiger partial charge in [0.2, 0.25) is 0 Å². The monoisotopic (exact) mass is 409 g/mol. The standard InChI is InChI=1S/C27H27N3O/c1-20(17-26(31)25-9-10-25)16-23-5-2-21(3-6-23)4-7-24-18-29-27(30-19-24)11-8-22-12-14-28-15-13-22/h2-3,5-6,12-15,18-20,25H,8-11,16-17H2,1H3. The fourth-order valence-corrected chi connectivity index (χ4v) is 3.61. The molecule has 1 aliphatic rings. The number of carbonyl (C=O) groups excluding carboxylic acids is 1. The first-order valence-electron chi connectivity index (χ1n) is 11.0. The number of aryl methyl sites for hydroxylation is 2. The second kappa shape index (κ2) is 10.1. The van der Waals surface area contributed by atoms with E-state index in [0.717, 1.165) is 49.1 Å². The third-order valence-corrected chi connectivity index (χ3v) is 5.56. The van der Waals surface area contributed by atoms with Crippen LogP contribution in [0.5, 0.6) is 0 Å². The van der Waals surface area contributed by atoms with Gasteiger partial charge in [0.1, 0.15) is 11.6 Å². The Hall–Kier alpha value is -3.32. The van der Waals surface area contributed by atoms with Crippen molar-refractivity contribution >= 4 is 5.78 Å². The summed E-state index contributed by atoms with van der Waals surface area (Å²) in [7, 11) is 0. The molecule has 1 unspecified atom stereocenters. The van der Waals surface area contributed by atoms with Crippen molar-refractivity contribution in [2.75, 3.05) is 0 Å². The Bertz CT molecular complexity index is 1060. The Labute approximate surface area is 184 Å². The van der Waals surface area contributed by atoms with E-state index in [1.54, 1.807) is 24.8 Å². The van der Waals surface area contributed by atoms with Gasteiger partial charge in [-0.15, -0.1) is 0 Å². The van der Waals surface area contributed by atoms with E-state index in [9.17, 15) is 4.79 Å². The Balaban J connectivity index is 1.28. The van der Waals surface area contributed by atoms with Crippen molar-refractivity contribution in [2.24, 2.45) is 11.8 Å². The van der Waals surface area contributed by atoms with Crippen molar-refractivity contribution < 1.29 is 4.79 Å². The molecule has 2 heterocycles. The van der Waals surface area contributed by atoms with Gasteiger partial charge in [-0.1, -0.05) is 30.9 Å². The average Bonchev–Trinajstić information content (AvgIpc) is 3.64. The van der Waals surface area contributed by atoms with E-state index < -0.39 is 0 Å². The minimum absolute atomic E-state index is 0.361. The molecule has 0 N–H and O–H groups in total. The van der Waals surface area contributed by atoms with Crippen molar-refractivity contribution in [2.45, 2.75) is 45.4 Å². The normalized spacial score (nSPS) is 13.8. The Kier molecular flexibility index (Phi) is 6.84. The quantitative estimate of drug-likeness (QED) is 0.510. The number of aromatic nitrogens is 3. The summed E-state index contributed by atoms with van der Waals surface area (Å²) >= 11 is 0. The van der Waals surface area contributed by atoms with Crippen molar-refractivity contribution in [3.05, 3.63) is 89.3 Å². The second-order valence-electron chi connectivity index (χ2n) is 8.44. The lowest BCUT2D eigenvalue weighted by molar-refractivity contribution is -0.121. The largest absolute Gasteiger partial charge is 0.299 e. The molecule has 4 heteroatoms. The predicted octanol–water partition coefficient (Wildman–Crippen LogP) is 4.60. The minimum Gasteiger partial charge on any atom is -0.299 e. The summed E-state index contributed by atoms with van der Waals surface area (Å²) < 4.78 is 0. The van der Waals surface area contributed by atoms with Crippen LogP contribution in [0.2, 0.25) is 0 Å². The maximum atomic E-state index is 12.0. The number of hydrogen-bond acceptors (Lipinski definition) is 4. The smallest absolute Gasteiger partial charge is 0.136 e. The number of rotatable bonds is 8. The molecule has 0 radical (unpaired) electrons. The third kappa shape index (κ3) is 6.58. The number of ketones is 1. The first kappa shape index (κ1) is 20.9. The molecule has 0 amide bonds. The molecule has 0 saturated heterocycles. The van der Waals surface area contributed by atoms with Gasteiger partial charge in [-0.05, 0) is 67.0 Å². The highest BCUT2D eigenvalue weighted by Crippen LogP contribution is 2.32. The maximum absolute atomic E-state index is 12.0. The summed E-state index contributed by atoms with van der Waals surface area (Å²) in [5.74, 6) is 8.34. The molecule has 0 aliphatic heterocycles. The fourth-order valence-electron chi connectivity index (χ4n) is 3.61. The third-order valence-electron chi connectivity index (χ3n) is 5.56. The summed E-state index contributed by atoms with van der Waals surface area (Å²) in [6.45, 7) is 2.16. The second-order valence-corrected chi connectivity index (χ2v) is 8.44. The van der Waals surface area contributed by atoms with Crippen LogP contribution in [-0.4, -0.2) is 20.7 Å². The van der Waals surface area contributed by atoms with E-state index in [0.29, 0.717) is 24.0 Å². The summed E-state index contributed by atoms with van der Waals surface area (Å²) in [6.07, 6.45) is 12.7. The summed E-state index contributed by atoms with van der Waals surface area (Å²) in [5, 5.41) is 0. The molecule has 3 aromatic rings. The average molecular weight is 410 g/mol. The number of hydrogen-bond donors (Lipinski definition) is 0. The number of pyridine rings is 1. The Morgan fingerprint density at radius 3 is 2.29 bits per heavy atom. The zero-order chi connectivity index (χ0) is 21.5. The lowest BCUT2D eigenvalue weighted by Crippen LogP contribution is -2.09. The Morgan fingerprint density at radius 1 is 0.935 bits per heavy atom. The summed E-state index contributed by atoms with van der Waals surface area (Å²) in [4.78, 5) is 24.9. The van der Waals surface area contributed by atoms with E-state index in [1.807, 2.05) is 24.3 Å². The van der Waals surface area contributed by atoms with Crippen molar-refractivity contribution in [1.82, 2.24) is 15.0 Å². The number of carbonyl (C=O) groups is 1. The highest BCUT2D eigenvalue weighted by Gasteiger charge is 2.29. The van der Waals surface area contributed by atoms with Crippen LogP contribution in [0.3, 0.4) is 0 Å². The van der Waals surface area contributed by atoms with E-state index in [2.05, 4.69) is 45.8 Å². The molecule has 31 heavy (non-hydrogen) atoms. The van der Waals surface area contributed by atoms with Gasteiger partial charge < -0.3 is 0 Å². The van der Waals surface area contributed by atoms with Crippen molar-refractivity contribution in [1.29, 1.82) is 0 Å². The van der Waals surface area contributed by atoms with Crippen LogP contribution >= 0.6 is 0 Å². The van der Waals surface area contributed by atoms with Crippen molar-refractivity contribution in [3.8, 4) is 11.8 Å². The summed E-state index contributed by atoms with van der Waals surface area (Å²) in [5.41, 5.74) is 4.26. The molecule has 156 valence electrons. The molecule has 1 saturated carbocycles. The fraction of sp³-hybridized carbons (Fsp3) is 0.333. The van der Waals surface area contributed by atoms with Gasteiger partial charge in [0.05, 0.1) is 5.56 Å². The van der Waals surface area contributed by atoms with Gasteiger partial charge in [0.15, 0.2) is 0 Å². The zero-order valence-corrected chi connectivity index (χ0v) is 17.9. The Morgan fingerprint density at radius 2 is 1.61 bits per heavy atom. The highest BCUT2D eigenvalue weighted by atomic mass is 16.1. The molecule has 1 atom stereocenters. The van der Waals surface area contributed by atoms with Gasteiger partial charge >= 0.3 is 0 Å². The molecule has 1 aromatic carbocycles. The summed E-state index contributed by atoms with van der Waals surface area (Å²) in [6, 6.07) is 12.3. The van der Waals surface area contributed by atoms with Crippen LogP contribution in [0.25, 0.3) is 0 Å². The maximum Gasteiger partial charge on any atom is 0.136 e. The molecule has 4 rings (SSSR count). The lowest BCUT2D eigenvalue weighted by Gasteiger charge is -2.10. The van der Waals surface area contributed by atoms with E-state index >= 15 is 0 Å². The van der Waals surface area contributed by atoms with Gasteiger partial charge in [0, 0.05) is 49.1 Å².